The fourth-order valence-electron chi connectivity index (χ4n) is 2.60. The number of halogens is 1. The Kier molecular flexibility index (Phi) is 3.94. The normalized spacial score (nSPS) is 18.8. The lowest BCUT2D eigenvalue weighted by molar-refractivity contribution is 0.0710. The van der Waals surface area contributed by atoms with Crippen LogP contribution in [0, 0.1) is 0 Å². The van der Waals surface area contributed by atoms with Crippen LogP contribution in [0.15, 0.2) is 30.5 Å². The molecule has 2 N–H and O–H groups in total. The molecule has 6 heteroatoms. The summed E-state index contributed by atoms with van der Waals surface area (Å²) in [6.07, 6.45) is 1.58. The topological polar surface area (TPSA) is 61.0 Å². The van der Waals surface area contributed by atoms with Crippen molar-refractivity contribution >= 4 is 17.5 Å². The van der Waals surface area contributed by atoms with Crippen LogP contribution in [-0.4, -0.2) is 46.7 Å². The highest BCUT2D eigenvalue weighted by Gasteiger charge is 2.25. The van der Waals surface area contributed by atoms with Gasteiger partial charge < -0.3 is 10.2 Å². The molecule has 3 rings (SSSR count). The lowest BCUT2D eigenvalue weighted by atomic mass is 10.1. The molecule has 2 heterocycles. The highest BCUT2D eigenvalue weighted by atomic mass is 35.5. The Hall–Kier alpha value is -1.85. The summed E-state index contributed by atoms with van der Waals surface area (Å²) in [6, 6.07) is 7.75. The number of hydrogen-bond donors (Lipinski definition) is 2. The Balaban J connectivity index is 1.92. The number of carbonyl (C=O) groups is 1. The van der Waals surface area contributed by atoms with Gasteiger partial charge in [-0.2, -0.15) is 5.10 Å². The second-order valence-corrected chi connectivity index (χ2v) is 5.65. The number of aromatic nitrogens is 2. The number of nitrogens with one attached hydrogen (secondary N) is 2. The molecule has 0 saturated carbocycles. The third-order valence-corrected chi connectivity index (χ3v) is 4.00. The molecule has 1 amide bonds. The molecule has 0 bridgehead atoms. The van der Waals surface area contributed by atoms with Crippen molar-refractivity contribution in [2.75, 3.05) is 19.6 Å². The van der Waals surface area contributed by atoms with E-state index in [9.17, 15) is 4.79 Å². The molecule has 0 aliphatic carbocycles. The Labute approximate surface area is 128 Å². The predicted molar refractivity (Wildman–Crippen MR) is 82.4 cm³/mol. The minimum Gasteiger partial charge on any atom is -0.336 e. The van der Waals surface area contributed by atoms with Crippen molar-refractivity contribution in [2.45, 2.75) is 13.0 Å². The van der Waals surface area contributed by atoms with Crippen LogP contribution in [0.25, 0.3) is 11.3 Å². The number of nitrogens with zero attached hydrogens (tertiary/aromatic N) is 2. The maximum Gasteiger partial charge on any atom is 0.257 e. The first-order valence-corrected chi connectivity index (χ1v) is 7.35. The van der Waals surface area contributed by atoms with Crippen LogP contribution in [0.3, 0.4) is 0 Å². The summed E-state index contributed by atoms with van der Waals surface area (Å²) < 4.78 is 0. The summed E-state index contributed by atoms with van der Waals surface area (Å²) in [6.45, 7) is 4.29. The molecule has 1 atom stereocenters. The van der Waals surface area contributed by atoms with E-state index in [1.54, 1.807) is 12.3 Å². The molecule has 1 aromatic heterocycles. The summed E-state index contributed by atoms with van der Waals surface area (Å²) in [4.78, 5) is 14.6. The van der Waals surface area contributed by atoms with Crippen molar-refractivity contribution in [1.29, 1.82) is 0 Å². The van der Waals surface area contributed by atoms with Gasteiger partial charge in [-0.25, -0.2) is 0 Å². The second kappa shape index (κ2) is 5.87. The lowest BCUT2D eigenvalue weighted by Gasteiger charge is -2.31. The van der Waals surface area contributed by atoms with Crippen molar-refractivity contribution in [2.24, 2.45) is 0 Å². The third-order valence-electron chi connectivity index (χ3n) is 3.67. The van der Waals surface area contributed by atoms with Gasteiger partial charge in [0.2, 0.25) is 0 Å². The van der Waals surface area contributed by atoms with Gasteiger partial charge in [0.05, 0.1) is 17.5 Å². The van der Waals surface area contributed by atoms with Gasteiger partial charge in [-0.15, -0.1) is 0 Å². The van der Waals surface area contributed by atoms with Gasteiger partial charge in [-0.1, -0.05) is 29.8 Å². The quantitative estimate of drug-likeness (QED) is 0.894. The Morgan fingerprint density at radius 1 is 1.43 bits per heavy atom. The van der Waals surface area contributed by atoms with Crippen LogP contribution in [0.2, 0.25) is 5.02 Å². The third kappa shape index (κ3) is 2.80. The van der Waals surface area contributed by atoms with E-state index in [2.05, 4.69) is 22.4 Å². The SMILES string of the molecule is C[C@H]1CN(C(=O)c2cn[nH]c2-c2ccccc2Cl)CCN1. The molecule has 1 fully saturated rings. The number of aromatic amines is 1. The van der Waals surface area contributed by atoms with Crippen molar-refractivity contribution in [3.63, 3.8) is 0 Å². The standard InChI is InChI=1S/C15H17ClN4O/c1-10-9-20(7-6-17-10)15(21)12-8-18-19-14(12)11-4-2-3-5-13(11)16/h2-5,8,10,17H,6-7,9H2,1H3,(H,18,19)/t10-/m0/s1. The van der Waals surface area contributed by atoms with Crippen LogP contribution < -0.4 is 5.32 Å². The number of H-pyrrole nitrogens is 1. The maximum atomic E-state index is 12.7. The zero-order chi connectivity index (χ0) is 14.8. The van der Waals surface area contributed by atoms with Gasteiger partial charge in [0.15, 0.2) is 0 Å². The fourth-order valence-corrected chi connectivity index (χ4v) is 2.83. The van der Waals surface area contributed by atoms with Gasteiger partial charge in [0.1, 0.15) is 0 Å². The number of amides is 1. The zero-order valence-corrected chi connectivity index (χ0v) is 12.5. The van der Waals surface area contributed by atoms with Gasteiger partial charge in [-0.05, 0) is 13.0 Å². The zero-order valence-electron chi connectivity index (χ0n) is 11.8. The van der Waals surface area contributed by atoms with E-state index in [4.69, 9.17) is 11.6 Å². The number of carbonyl (C=O) groups excluding carboxylic acids is 1. The second-order valence-electron chi connectivity index (χ2n) is 5.24. The molecule has 0 unspecified atom stereocenters. The van der Waals surface area contributed by atoms with E-state index in [0.717, 1.165) is 12.1 Å². The Morgan fingerprint density at radius 2 is 2.24 bits per heavy atom. The Bertz CT molecular complexity index is 655. The molecular formula is C15H17ClN4O. The molecule has 0 spiro atoms. The van der Waals surface area contributed by atoms with Crippen molar-refractivity contribution in [3.05, 3.63) is 41.0 Å². The van der Waals surface area contributed by atoms with Crippen LogP contribution in [-0.2, 0) is 0 Å². The number of hydrogen-bond acceptors (Lipinski definition) is 3. The molecule has 5 nitrogen and oxygen atoms in total. The van der Waals surface area contributed by atoms with Crippen LogP contribution in [0.4, 0.5) is 0 Å². The molecule has 0 radical (unpaired) electrons. The summed E-state index contributed by atoms with van der Waals surface area (Å²) in [5, 5.41) is 10.9. The Morgan fingerprint density at radius 3 is 3.00 bits per heavy atom. The van der Waals surface area contributed by atoms with Gasteiger partial charge in [-0.3, -0.25) is 9.89 Å². The van der Waals surface area contributed by atoms with E-state index in [1.165, 1.54) is 0 Å². The first-order valence-electron chi connectivity index (χ1n) is 6.97. The number of piperazine rings is 1. The van der Waals surface area contributed by atoms with Crippen LogP contribution in [0.5, 0.6) is 0 Å². The van der Waals surface area contributed by atoms with Crippen molar-refractivity contribution in [3.8, 4) is 11.3 Å². The van der Waals surface area contributed by atoms with Gasteiger partial charge in [0, 0.05) is 36.3 Å². The van der Waals surface area contributed by atoms with E-state index < -0.39 is 0 Å². The molecule has 1 aliphatic rings. The average molecular weight is 305 g/mol. The van der Waals surface area contributed by atoms with E-state index in [1.807, 2.05) is 23.1 Å². The van der Waals surface area contributed by atoms with E-state index >= 15 is 0 Å². The molecule has 1 aromatic carbocycles. The number of benzene rings is 1. The van der Waals surface area contributed by atoms with Crippen LogP contribution in [0.1, 0.15) is 17.3 Å². The molecule has 1 saturated heterocycles. The van der Waals surface area contributed by atoms with Gasteiger partial charge in [0.25, 0.3) is 5.91 Å². The largest absolute Gasteiger partial charge is 0.336 e. The maximum absolute atomic E-state index is 12.7. The summed E-state index contributed by atoms with van der Waals surface area (Å²) in [5.41, 5.74) is 2.04. The fraction of sp³-hybridized carbons (Fsp3) is 0.333. The van der Waals surface area contributed by atoms with Crippen LogP contribution >= 0.6 is 11.6 Å². The first kappa shape index (κ1) is 14.1. The molecule has 110 valence electrons. The lowest BCUT2D eigenvalue weighted by Crippen LogP contribution is -2.51. The molecule has 21 heavy (non-hydrogen) atoms. The summed E-state index contributed by atoms with van der Waals surface area (Å²) in [7, 11) is 0. The molecular weight excluding hydrogens is 288 g/mol. The minimum absolute atomic E-state index is 0.00739. The first-order chi connectivity index (χ1) is 10.2. The van der Waals surface area contributed by atoms with E-state index in [0.29, 0.717) is 35.4 Å². The van der Waals surface area contributed by atoms with Crippen molar-refractivity contribution in [1.82, 2.24) is 20.4 Å². The summed E-state index contributed by atoms with van der Waals surface area (Å²) >= 11 is 6.22. The minimum atomic E-state index is -0.00739. The monoisotopic (exact) mass is 304 g/mol. The highest BCUT2D eigenvalue weighted by molar-refractivity contribution is 6.33. The van der Waals surface area contributed by atoms with Gasteiger partial charge >= 0.3 is 0 Å². The van der Waals surface area contributed by atoms with Crippen molar-refractivity contribution < 1.29 is 4.79 Å². The van der Waals surface area contributed by atoms with E-state index in [-0.39, 0.29) is 5.91 Å². The predicted octanol–water partition coefficient (Wildman–Crippen LogP) is 2.16. The highest BCUT2D eigenvalue weighted by Crippen LogP contribution is 2.29. The summed E-state index contributed by atoms with van der Waals surface area (Å²) in [5.74, 6) is -0.00739. The number of rotatable bonds is 2. The smallest absolute Gasteiger partial charge is 0.257 e. The molecule has 1 aliphatic heterocycles. The molecule has 2 aromatic rings. The average Bonchev–Trinajstić information content (AvgIpc) is 2.96.